The first-order valence-corrected chi connectivity index (χ1v) is 11.9. The van der Waals surface area contributed by atoms with Crippen molar-refractivity contribution >= 4 is 48.9 Å². The fraction of sp³-hybridized carbons (Fsp3) is 0.278. The molecule has 0 saturated carbocycles. The van der Waals surface area contributed by atoms with Gasteiger partial charge in [0.25, 0.3) is 10.0 Å². The van der Waals surface area contributed by atoms with Crippen LogP contribution in [0.5, 0.6) is 0 Å². The Morgan fingerprint density at radius 2 is 1.79 bits per heavy atom. The van der Waals surface area contributed by atoms with Gasteiger partial charge in [0, 0.05) is 5.02 Å². The molecule has 28 heavy (non-hydrogen) atoms. The van der Waals surface area contributed by atoms with Crippen molar-refractivity contribution in [2.24, 2.45) is 5.92 Å². The van der Waals surface area contributed by atoms with Crippen LogP contribution in [0.1, 0.15) is 18.1 Å². The third-order valence-corrected chi connectivity index (χ3v) is 8.11. The van der Waals surface area contributed by atoms with E-state index >= 15 is 0 Å². The number of rotatable bonds is 4. The lowest BCUT2D eigenvalue weighted by atomic mass is 10.2. The van der Waals surface area contributed by atoms with Gasteiger partial charge in [-0.3, -0.25) is 9.52 Å². The van der Waals surface area contributed by atoms with Crippen molar-refractivity contribution in [2.75, 3.05) is 14.8 Å². The van der Waals surface area contributed by atoms with Gasteiger partial charge in [0.1, 0.15) is 0 Å². The number of hydrogen-bond donors (Lipinski definition) is 1. The summed E-state index contributed by atoms with van der Waals surface area (Å²) in [7, 11) is -7.67. The first kappa shape index (κ1) is 20.6. The van der Waals surface area contributed by atoms with Gasteiger partial charge in [0.2, 0.25) is 15.9 Å². The second-order valence-corrected chi connectivity index (χ2v) is 10.7. The van der Waals surface area contributed by atoms with Crippen LogP contribution in [0.3, 0.4) is 0 Å². The van der Waals surface area contributed by atoms with Gasteiger partial charge in [-0.2, -0.15) is 0 Å². The standard InChI is InChI=1S/C18H19ClN2O5S2/c1-11-8-14(19)4-6-16(11)20-28(25,26)17-7-5-15(9-12(17)2)21-18(22)13(3)10-27(21,23)24/h4-9,13,20H,10H2,1-3H3. The molecule has 0 bridgehead atoms. The number of aryl methyl sites for hydroxylation is 2. The number of nitrogens with zero attached hydrogens (tertiary/aromatic N) is 1. The zero-order valence-electron chi connectivity index (χ0n) is 15.4. The highest BCUT2D eigenvalue weighted by atomic mass is 35.5. The Morgan fingerprint density at radius 1 is 1.11 bits per heavy atom. The van der Waals surface area contributed by atoms with Crippen molar-refractivity contribution in [3.05, 3.63) is 52.5 Å². The van der Waals surface area contributed by atoms with Crippen molar-refractivity contribution in [1.29, 1.82) is 0 Å². The predicted molar refractivity (Wildman–Crippen MR) is 109 cm³/mol. The fourth-order valence-electron chi connectivity index (χ4n) is 3.09. The second-order valence-electron chi connectivity index (χ2n) is 6.80. The van der Waals surface area contributed by atoms with Gasteiger partial charge in [-0.15, -0.1) is 0 Å². The van der Waals surface area contributed by atoms with Crippen molar-refractivity contribution in [3.8, 4) is 0 Å². The van der Waals surface area contributed by atoms with E-state index in [0.717, 1.165) is 4.31 Å². The van der Waals surface area contributed by atoms with E-state index < -0.39 is 31.9 Å². The van der Waals surface area contributed by atoms with E-state index in [2.05, 4.69) is 4.72 Å². The molecular weight excluding hydrogens is 424 g/mol. The smallest absolute Gasteiger partial charge is 0.262 e. The summed E-state index contributed by atoms with van der Waals surface area (Å²) in [5, 5.41) is 0.492. The topological polar surface area (TPSA) is 101 Å². The van der Waals surface area contributed by atoms with E-state index in [9.17, 15) is 21.6 Å². The van der Waals surface area contributed by atoms with Gasteiger partial charge in [-0.05, 0) is 61.4 Å². The zero-order chi connectivity index (χ0) is 20.9. The van der Waals surface area contributed by atoms with Gasteiger partial charge in [0.05, 0.1) is 27.9 Å². The summed E-state index contributed by atoms with van der Waals surface area (Å²) in [6.07, 6.45) is 0. The molecule has 1 unspecified atom stereocenters. The highest BCUT2D eigenvalue weighted by Gasteiger charge is 2.42. The third kappa shape index (κ3) is 3.74. The number of sulfonamides is 2. The average Bonchev–Trinajstić information content (AvgIpc) is 2.77. The normalized spacial score (nSPS) is 19.1. The van der Waals surface area contributed by atoms with Crippen molar-refractivity contribution in [2.45, 2.75) is 25.7 Å². The molecule has 150 valence electrons. The molecule has 7 nitrogen and oxygen atoms in total. The quantitative estimate of drug-likeness (QED) is 0.784. The molecule has 1 saturated heterocycles. The first-order valence-electron chi connectivity index (χ1n) is 8.39. The minimum absolute atomic E-state index is 0.0114. The minimum atomic E-state index is -3.92. The molecule has 1 atom stereocenters. The van der Waals surface area contributed by atoms with Crippen LogP contribution in [0, 0.1) is 19.8 Å². The van der Waals surface area contributed by atoms with E-state index in [1.54, 1.807) is 39.0 Å². The highest BCUT2D eigenvalue weighted by Crippen LogP contribution is 2.31. The van der Waals surface area contributed by atoms with Crippen LogP contribution in [0.4, 0.5) is 11.4 Å². The monoisotopic (exact) mass is 442 g/mol. The fourth-order valence-corrected chi connectivity index (χ4v) is 6.49. The van der Waals surface area contributed by atoms with Crippen molar-refractivity contribution in [1.82, 2.24) is 0 Å². The number of carbonyl (C=O) groups is 1. The van der Waals surface area contributed by atoms with E-state index in [0.29, 0.717) is 21.8 Å². The number of halogens is 1. The molecule has 0 radical (unpaired) electrons. The van der Waals surface area contributed by atoms with E-state index in [1.807, 2.05) is 0 Å². The SMILES string of the molecule is Cc1cc(Cl)ccc1NS(=O)(=O)c1ccc(N2C(=O)C(C)CS2(=O)=O)cc1C. The average molecular weight is 443 g/mol. The summed E-state index contributed by atoms with van der Waals surface area (Å²) in [5.41, 5.74) is 1.50. The van der Waals surface area contributed by atoms with Gasteiger partial charge >= 0.3 is 0 Å². The van der Waals surface area contributed by atoms with Crippen LogP contribution in [-0.4, -0.2) is 28.5 Å². The molecule has 1 amide bonds. The zero-order valence-corrected chi connectivity index (χ0v) is 17.8. The molecule has 1 aliphatic heterocycles. The molecule has 1 N–H and O–H groups in total. The first-order chi connectivity index (χ1) is 12.9. The Balaban J connectivity index is 1.97. The maximum Gasteiger partial charge on any atom is 0.262 e. The highest BCUT2D eigenvalue weighted by molar-refractivity contribution is 7.94. The van der Waals surface area contributed by atoms with Crippen molar-refractivity contribution in [3.63, 3.8) is 0 Å². The molecule has 0 spiro atoms. The maximum atomic E-state index is 12.8. The number of nitrogens with one attached hydrogen (secondary N) is 1. The summed E-state index contributed by atoms with van der Waals surface area (Å²) in [5.74, 6) is -1.42. The van der Waals surface area contributed by atoms with Crippen LogP contribution in [0.2, 0.25) is 5.02 Å². The summed E-state index contributed by atoms with van der Waals surface area (Å²) < 4.78 is 53.3. The second kappa shape index (κ2) is 7.06. The largest absolute Gasteiger partial charge is 0.279 e. The summed E-state index contributed by atoms with van der Waals surface area (Å²) in [6, 6.07) is 8.79. The lowest BCUT2D eigenvalue weighted by Gasteiger charge is -2.18. The van der Waals surface area contributed by atoms with E-state index in [1.165, 1.54) is 18.2 Å². The van der Waals surface area contributed by atoms with Crippen LogP contribution >= 0.6 is 11.6 Å². The summed E-state index contributed by atoms with van der Waals surface area (Å²) in [4.78, 5) is 12.2. The number of carbonyl (C=O) groups excluding carboxylic acids is 1. The molecule has 2 aromatic carbocycles. The minimum Gasteiger partial charge on any atom is -0.279 e. The maximum absolute atomic E-state index is 12.8. The molecule has 1 fully saturated rings. The lowest BCUT2D eigenvalue weighted by Crippen LogP contribution is -2.30. The molecular formula is C18H19ClN2O5S2. The predicted octanol–water partition coefficient (Wildman–Crippen LogP) is 3.07. The Labute approximate surface area is 169 Å². The van der Waals surface area contributed by atoms with Gasteiger partial charge < -0.3 is 0 Å². The summed E-state index contributed by atoms with van der Waals surface area (Å²) >= 11 is 5.90. The Bertz CT molecular complexity index is 1180. The van der Waals surface area contributed by atoms with Gasteiger partial charge in [-0.1, -0.05) is 18.5 Å². The Hall–Kier alpha value is -2.10. The van der Waals surface area contributed by atoms with Crippen LogP contribution in [-0.2, 0) is 24.8 Å². The Morgan fingerprint density at radius 3 is 2.32 bits per heavy atom. The molecule has 3 rings (SSSR count). The Kier molecular flexibility index (Phi) is 5.20. The molecule has 10 heteroatoms. The number of amides is 1. The van der Waals surface area contributed by atoms with Crippen LogP contribution in [0.25, 0.3) is 0 Å². The van der Waals surface area contributed by atoms with Crippen LogP contribution in [0.15, 0.2) is 41.3 Å². The van der Waals surface area contributed by atoms with Crippen LogP contribution < -0.4 is 9.03 Å². The lowest BCUT2D eigenvalue weighted by molar-refractivity contribution is -0.119. The number of hydrogen-bond acceptors (Lipinski definition) is 5. The van der Waals surface area contributed by atoms with Crippen molar-refractivity contribution < 1.29 is 21.6 Å². The third-order valence-electron chi connectivity index (χ3n) is 4.48. The number of anilines is 2. The molecule has 2 aromatic rings. The van der Waals surface area contributed by atoms with Gasteiger partial charge in [-0.25, -0.2) is 21.1 Å². The van der Waals surface area contributed by atoms with E-state index in [4.69, 9.17) is 11.6 Å². The van der Waals surface area contributed by atoms with Gasteiger partial charge in [0.15, 0.2) is 0 Å². The molecule has 0 aliphatic carbocycles. The number of benzene rings is 2. The molecule has 1 heterocycles. The summed E-state index contributed by atoms with van der Waals surface area (Å²) in [6.45, 7) is 4.82. The molecule has 0 aromatic heterocycles. The molecule has 1 aliphatic rings. The van der Waals surface area contributed by atoms with E-state index in [-0.39, 0.29) is 16.3 Å².